The molecule has 1 aliphatic heterocycles. The van der Waals surface area contributed by atoms with Crippen LogP contribution in [0, 0.1) is 34.6 Å². The summed E-state index contributed by atoms with van der Waals surface area (Å²) < 4.78 is 2.42. The van der Waals surface area contributed by atoms with E-state index >= 15 is 0 Å². The van der Waals surface area contributed by atoms with Gasteiger partial charge >= 0.3 is 0 Å². The fourth-order valence-corrected chi connectivity index (χ4v) is 5.83. The first-order valence-corrected chi connectivity index (χ1v) is 12.5. The van der Waals surface area contributed by atoms with Crippen LogP contribution in [0.1, 0.15) is 57.8 Å². The van der Waals surface area contributed by atoms with Crippen LogP contribution in [0.5, 0.6) is 0 Å². The van der Waals surface area contributed by atoms with E-state index < -0.39 is 0 Å². The fourth-order valence-electron chi connectivity index (χ4n) is 5.50. The van der Waals surface area contributed by atoms with Crippen molar-refractivity contribution in [2.24, 2.45) is 0 Å². The Bertz CT molecular complexity index is 1160. The van der Waals surface area contributed by atoms with Crippen LogP contribution in [0.2, 0.25) is 0 Å². The fraction of sp³-hybridized carbons (Fsp3) is 0.429. The molecule has 1 aliphatic rings. The molecule has 0 unspecified atom stereocenters. The minimum Gasteiger partial charge on any atom is -0.352 e. The topological polar surface area (TPSA) is 36.3 Å². The number of nitrogens with one attached hydrogen (secondary N) is 1. The molecule has 1 saturated heterocycles. The Morgan fingerprint density at radius 2 is 1.74 bits per heavy atom. The summed E-state index contributed by atoms with van der Waals surface area (Å²) in [7, 11) is 4.24. The lowest BCUT2D eigenvalue weighted by molar-refractivity contribution is 0.292. The first kappa shape index (κ1) is 24.4. The average molecular weight is 476 g/mol. The zero-order valence-corrected chi connectivity index (χ0v) is 22.3. The van der Waals surface area contributed by atoms with Crippen LogP contribution in [0.15, 0.2) is 42.6 Å². The first-order valence-electron chi connectivity index (χ1n) is 12.1. The molecule has 0 amide bonds. The number of thiocarbonyl (C=S) groups is 1. The van der Waals surface area contributed by atoms with E-state index in [0.29, 0.717) is 0 Å². The molecule has 6 heteroatoms. The van der Waals surface area contributed by atoms with Crippen molar-refractivity contribution in [3.63, 3.8) is 0 Å². The third-order valence-electron chi connectivity index (χ3n) is 6.85. The van der Waals surface area contributed by atoms with E-state index in [0.717, 1.165) is 30.3 Å². The van der Waals surface area contributed by atoms with Gasteiger partial charge in [-0.1, -0.05) is 23.8 Å². The van der Waals surface area contributed by atoms with Gasteiger partial charge in [-0.05, 0) is 109 Å². The number of hydrogen-bond donors (Lipinski definition) is 1. The van der Waals surface area contributed by atoms with Crippen LogP contribution in [0.25, 0.3) is 5.69 Å². The van der Waals surface area contributed by atoms with E-state index in [2.05, 4.69) is 98.7 Å². The van der Waals surface area contributed by atoms with Crippen molar-refractivity contribution in [3.8, 4) is 5.69 Å². The van der Waals surface area contributed by atoms with Gasteiger partial charge in [0, 0.05) is 24.1 Å². The highest BCUT2D eigenvalue weighted by Gasteiger charge is 2.41. The average Bonchev–Trinajstić information content (AvgIpc) is 3.24. The van der Waals surface area contributed by atoms with Gasteiger partial charge in [-0.25, -0.2) is 0 Å². The molecule has 0 radical (unpaired) electrons. The first-order chi connectivity index (χ1) is 16.2. The summed E-state index contributed by atoms with van der Waals surface area (Å²) in [4.78, 5) is 9.31. The Morgan fingerprint density at radius 1 is 1.03 bits per heavy atom. The lowest BCUT2D eigenvalue weighted by Crippen LogP contribution is -2.32. The van der Waals surface area contributed by atoms with Crippen molar-refractivity contribution >= 4 is 17.3 Å². The molecule has 0 spiro atoms. The summed E-state index contributed by atoms with van der Waals surface area (Å²) in [6.07, 6.45) is 2.92. The highest BCUT2D eigenvalue weighted by atomic mass is 32.1. The SMILES string of the molecule is Cc1cc(C)c(-n2c(C)cc([C@H]3[C@@H](c4ccccn4)NC(=S)N3CCCN(C)C)c2C)c(C)c1. The third-order valence-corrected chi connectivity index (χ3v) is 7.20. The molecule has 1 aromatic carbocycles. The van der Waals surface area contributed by atoms with Gasteiger partial charge in [0.05, 0.1) is 23.5 Å². The number of nitrogens with zero attached hydrogens (tertiary/aromatic N) is 4. The molecule has 1 N–H and O–H groups in total. The Hall–Kier alpha value is -2.70. The van der Waals surface area contributed by atoms with Crippen LogP contribution < -0.4 is 5.32 Å². The van der Waals surface area contributed by atoms with Gasteiger partial charge in [0.1, 0.15) is 0 Å². The molecule has 0 saturated carbocycles. The van der Waals surface area contributed by atoms with Crippen molar-refractivity contribution in [2.75, 3.05) is 27.2 Å². The highest BCUT2D eigenvalue weighted by molar-refractivity contribution is 7.80. The number of aryl methyl sites for hydroxylation is 4. The van der Waals surface area contributed by atoms with Gasteiger partial charge in [0.15, 0.2) is 5.11 Å². The molecule has 3 aromatic rings. The summed E-state index contributed by atoms with van der Waals surface area (Å²) in [6, 6.07) is 13.1. The summed E-state index contributed by atoms with van der Waals surface area (Å²) in [5, 5.41) is 4.42. The largest absolute Gasteiger partial charge is 0.352 e. The third kappa shape index (κ3) is 4.62. The van der Waals surface area contributed by atoms with Crippen LogP contribution in [0.4, 0.5) is 0 Å². The van der Waals surface area contributed by atoms with E-state index in [-0.39, 0.29) is 12.1 Å². The van der Waals surface area contributed by atoms with E-state index in [1.807, 2.05) is 12.3 Å². The summed E-state index contributed by atoms with van der Waals surface area (Å²) in [5.41, 5.74) is 10.0. The molecule has 0 aliphatic carbocycles. The smallest absolute Gasteiger partial charge is 0.170 e. The predicted octanol–water partition coefficient (Wildman–Crippen LogP) is 5.34. The minimum atomic E-state index is 0.0159. The van der Waals surface area contributed by atoms with Gasteiger partial charge < -0.3 is 19.7 Å². The minimum absolute atomic E-state index is 0.0159. The zero-order valence-electron chi connectivity index (χ0n) is 21.5. The lowest BCUT2D eigenvalue weighted by atomic mass is 9.96. The summed E-state index contributed by atoms with van der Waals surface area (Å²) in [6.45, 7) is 13.0. The molecule has 2 atom stereocenters. The second kappa shape index (κ2) is 9.88. The Balaban J connectivity index is 1.81. The van der Waals surface area contributed by atoms with Crippen LogP contribution in [0.3, 0.4) is 0 Å². The predicted molar refractivity (Wildman–Crippen MR) is 145 cm³/mol. The maximum atomic E-state index is 5.87. The molecular formula is C28H37N5S. The van der Waals surface area contributed by atoms with Gasteiger partial charge in [0.2, 0.25) is 0 Å². The van der Waals surface area contributed by atoms with E-state index in [1.54, 1.807) is 0 Å². The van der Waals surface area contributed by atoms with Gasteiger partial charge in [-0.3, -0.25) is 4.98 Å². The second-order valence-corrected chi connectivity index (χ2v) is 10.3. The number of rotatable bonds is 7. The number of pyridine rings is 1. The van der Waals surface area contributed by atoms with Crippen LogP contribution in [-0.4, -0.2) is 51.6 Å². The maximum Gasteiger partial charge on any atom is 0.170 e. The Morgan fingerprint density at radius 3 is 2.35 bits per heavy atom. The van der Waals surface area contributed by atoms with Crippen molar-refractivity contribution < 1.29 is 0 Å². The summed E-state index contributed by atoms with van der Waals surface area (Å²) in [5.74, 6) is 0. The van der Waals surface area contributed by atoms with E-state index in [4.69, 9.17) is 17.2 Å². The van der Waals surface area contributed by atoms with Crippen LogP contribution in [-0.2, 0) is 0 Å². The monoisotopic (exact) mass is 475 g/mol. The molecule has 2 aromatic heterocycles. The van der Waals surface area contributed by atoms with E-state index in [1.165, 1.54) is 39.3 Å². The molecule has 5 nitrogen and oxygen atoms in total. The van der Waals surface area contributed by atoms with Crippen molar-refractivity contribution in [1.82, 2.24) is 24.7 Å². The quantitative estimate of drug-likeness (QED) is 0.467. The summed E-state index contributed by atoms with van der Waals surface area (Å²) >= 11 is 5.87. The molecule has 1 fully saturated rings. The normalized spacial score (nSPS) is 18.1. The maximum absolute atomic E-state index is 5.87. The molecule has 34 heavy (non-hydrogen) atoms. The highest BCUT2D eigenvalue weighted by Crippen LogP contribution is 2.42. The molecule has 4 rings (SSSR count). The Labute approximate surface area is 209 Å². The van der Waals surface area contributed by atoms with Crippen LogP contribution >= 0.6 is 12.2 Å². The molecule has 180 valence electrons. The Kier molecular flexibility index (Phi) is 7.10. The van der Waals surface area contributed by atoms with Crippen molar-refractivity contribution in [3.05, 3.63) is 81.9 Å². The lowest BCUT2D eigenvalue weighted by Gasteiger charge is -2.28. The second-order valence-electron chi connectivity index (χ2n) is 9.89. The van der Waals surface area contributed by atoms with Gasteiger partial charge in [-0.15, -0.1) is 0 Å². The molecular weight excluding hydrogens is 438 g/mol. The zero-order chi connectivity index (χ0) is 24.6. The standard InChI is InChI=1S/C28H37N5S/c1-18-15-19(2)26(20(3)16-18)33-21(4)17-23(22(33)5)27-25(24-11-8-9-12-29-24)30-28(34)32(27)14-10-13-31(6)7/h8-9,11-12,15-17,25,27H,10,13-14H2,1-7H3,(H,30,34)/t25-,27+/m1/s1. The van der Waals surface area contributed by atoms with Crippen molar-refractivity contribution in [1.29, 1.82) is 0 Å². The molecule has 0 bridgehead atoms. The van der Waals surface area contributed by atoms with Crippen molar-refractivity contribution in [2.45, 2.75) is 53.1 Å². The number of benzene rings is 1. The molecule has 3 heterocycles. The van der Waals surface area contributed by atoms with E-state index in [9.17, 15) is 0 Å². The number of aromatic nitrogens is 2. The number of hydrogen-bond acceptors (Lipinski definition) is 3. The van der Waals surface area contributed by atoms with Gasteiger partial charge in [0.25, 0.3) is 0 Å². The van der Waals surface area contributed by atoms with Gasteiger partial charge in [-0.2, -0.15) is 0 Å².